The molecule has 0 aromatic carbocycles. The summed E-state index contributed by atoms with van der Waals surface area (Å²) in [5.74, 6) is 0.573. The smallest absolute Gasteiger partial charge is 0.0984 e. The highest BCUT2D eigenvalue weighted by Gasteiger charge is 2.40. The van der Waals surface area contributed by atoms with Crippen molar-refractivity contribution in [2.45, 2.75) is 31.1 Å². The van der Waals surface area contributed by atoms with Crippen molar-refractivity contribution >= 4 is 0 Å². The van der Waals surface area contributed by atoms with E-state index in [4.69, 9.17) is 19.9 Å². The van der Waals surface area contributed by atoms with Gasteiger partial charge in [0, 0.05) is 25.7 Å². The zero-order chi connectivity index (χ0) is 9.97. The molecule has 2 rings (SSSR count). The van der Waals surface area contributed by atoms with Gasteiger partial charge in [-0.2, -0.15) is 0 Å². The van der Waals surface area contributed by atoms with Crippen LogP contribution in [0.5, 0.6) is 0 Å². The fraction of sp³-hybridized carbons (Fsp3) is 1.00. The van der Waals surface area contributed by atoms with Gasteiger partial charge < -0.3 is 19.9 Å². The van der Waals surface area contributed by atoms with Crippen molar-refractivity contribution < 1.29 is 14.2 Å². The first-order valence-corrected chi connectivity index (χ1v) is 5.29. The van der Waals surface area contributed by atoms with E-state index in [2.05, 4.69) is 0 Å². The molecule has 14 heavy (non-hydrogen) atoms. The van der Waals surface area contributed by atoms with Crippen LogP contribution in [0.15, 0.2) is 0 Å². The van der Waals surface area contributed by atoms with Gasteiger partial charge in [-0.25, -0.2) is 0 Å². The largest absolute Gasteiger partial charge is 0.381 e. The Morgan fingerprint density at radius 1 is 1.50 bits per heavy atom. The Labute approximate surface area is 84.7 Å². The lowest BCUT2D eigenvalue weighted by Crippen LogP contribution is -2.58. The van der Waals surface area contributed by atoms with Crippen LogP contribution in [0.25, 0.3) is 0 Å². The summed E-state index contributed by atoms with van der Waals surface area (Å²) in [6, 6.07) is 0.157. The molecule has 0 radical (unpaired) electrons. The lowest BCUT2D eigenvalue weighted by molar-refractivity contribution is -0.132. The molecule has 0 bridgehead atoms. The molecule has 1 saturated heterocycles. The van der Waals surface area contributed by atoms with Crippen molar-refractivity contribution in [2.24, 2.45) is 11.7 Å². The van der Waals surface area contributed by atoms with Crippen LogP contribution in [-0.4, -0.2) is 45.2 Å². The molecule has 4 atom stereocenters. The van der Waals surface area contributed by atoms with E-state index < -0.39 is 0 Å². The summed E-state index contributed by atoms with van der Waals surface area (Å²) >= 11 is 0. The van der Waals surface area contributed by atoms with Crippen LogP contribution in [0.4, 0.5) is 0 Å². The number of hydrogen-bond acceptors (Lipinski definition) is 4. The fourth-order valence-electron chi connectivity index (χ4n) is 2.08. The molecule has 1 saturated carbocycles. The van der Waals surface area contributed by atoms with E-state index >= 15 is 0 Å². The molecule has 0 aromatic heterocycles. The van der Waals surface area contributed by atoms with Gasteiger partial charge >= 0.3 is 0 Å². The quantitative estimate of drug-likeness (QED) is 0.703. The van der Waals surface area contributed by atoms with Crippen molar-refractivity contribution in [3.63, 3.8) is 0 Å². The van der Waals surface area contributed by atoms with Crippen molar-refractivity contribution in [2.75, 3.05) is 26.9 Å². The van der Waals surface area contributed by atoms with Crippen molar-refractivity contribution in [3.05, 3.63) is 0 Å². The minimum atomic E-state index is 0.0947. The maximum absolute atomic E-state index is 5.78. The zero-order valence-corrected chi connectivity index (χ0v) is 8.65. The first kappa shape index (κ1) is 10.4. The van der Waals surface area contributed by atoms with Gasteiger partial charge in [0.05, 0.1) is 25.4 Å². The monoisotopic (exact) mass is 201 g/mol. The van der Waals surface area contributed by atoms with Crippen molar-refractivity contribution in [1.82, 2.24) is 0 Å². The number of nitrogens with two attached hydrogens (primary N) is 1. The summed E-state index contributed by atoms with van der Waals surface area (Å²) < 4.78 is 16.3. The van der Waals surface area contributed by atoms with E-state index in [9.17, 15) is 0 Å². The van der Waals surface area contributed by atoms with Gasteiger partial charge in [-0.3, -0.25) is 0 Å². The third kappa shape index (κ3) is 2.08. The topological polar surface area (TPSA) is 53.7 Å². The molecular weight excluding hydrogens is 182 g/mol. The summed E-state index contributed by atoms with van der Waals surface area (Å²) in [6.45, 7) is 2.51. The summed E-state index contributed by atoms with van der Waals surface area (Å²) in [7, 11) is 1.69. The Kier molecular flexibility index (Phi) is 3.38. The van der Waals surface area contributed by atoms with Crippen LogP contribution < -0.4 is 5.73 Å². The Hall–Kier alpha value is -0.160. The summed E-state index contributed by atoms with van der Waals surface area (Å²) in [5, 5.41) is 0. The highest BCUT2D eigenvalue weighted by atomic mass is 16.5. The van der Waals surface area contributed by atoms with Gasteiger partial charge in [0.2, 0.25) is 0 Å². The zero-order valence-electron chi connectivity index (χ0n) is 8.65. The van der Waals surface area contributed by atoms with Gasteiger partial charge in [0.15, 0.2) is 0 Å². The lowest BCUT2D eigenvalue weighted by atomic mass is 9.86. The molecule has 1 aliphatic heterocycles. The fourth-order valence-corrected chi connectivity index (χ4v) is 2.08. The summed E-state index contributed by atoms with van der Waals surface area (Å²) in [4.78, 5) is 0. The van der Waals surface area contributed by atoms with E-state index in [0.29, 0.717) is 5.92 Å². The average Bonchev–Trinajstić information content (AvgIpc) is 2.65. The van der Waals surface area contributed by atoms with Gasteiger partial charge in [-0.15, -0.1) is 0 Å². The van der Waals surface area contributed by atoms with Crippen LogP contribution >= 0.6 is 0 Å². The molecule has 4 heteroatoms. The molecule has 0 amide bonds. The van der Waals surface area contributed by atoms with Crippen LogP contribution in [0.3, 0.4) is 0 Å². The first-order valence-electron chi connectivity index (χ1n) is 5.29. The Morgan fingerprint density at radius 3 is 2.93 bits per heavy atom. The number of methoxy groups -OCH3 is 1. The van der Waals surface area contributed by atoms with Crippen LogP contribution in [0.1, 0.15) is 12.8 Å². The van der Waals surface area contributed by atoms with E-state index in [-0.39, 0.29) is 18.2 Å². The van der Waals surface area contributed by atoms with Crippen molar-refractivity contribution in [3.8, 4) is 0 Å². The third-order valence-corrected chi connectivity index (χ3v) is 3.14. The Morgan fingerprint density at radius 2 is 2.36 bits per heavy atom. The molecule has 0 aromatic rings. The third-order valence-electron chi connectivity index (χ3n) is 3.14. The standard InChI is InChI=1S/C10H19NO3/c1-12-10-8(11)4-9(10)14-6-7-2-3-13-5-7/h7-10H,2-6,11H2,1H3. The molecule has 82 valence electrons. The van der Waals surface area contributed by atoms with Gasteiger partial charge in [0.1, 0.15) is 0 Å². The summed E-state index contributed by atoms with van der Waals surface area (Å²) in [6.07, 6.45) is 2.34. The molecule has 4 unspecified atom stereocenters. The minimum absolute atomic E-state index is 0.0947. The van der Waals surface area contributed by atoms with E-state index in [1.54, 1.807) is 7.11 Å². The van der Waals surface area contributed by atoms with E-state index in [1.165, 1.54) is 0 Å². The molecule has 2 fully saturated rings. The van der Waals surface area contributed by atoms with E-state index in [1.807, 2.05) is 0 Å². The van der Waals surface area contributed by atoms with Crippen LogP contribution in [0.2, 0.25) is 0 Å². The molecule has 4 nitrogen and oxygen atoms in total. The second kappa shape index (κ2) is 4.57. The van der Waals surface area contributed by atoms with Crippen molar-refractivity contribution in [1.29, 1.82) is 0 Å². The number of ether oxygens (including phenoxy) is 3. The summed E-state index contributed by atoms with van der Waals surface area (Å²) in [5.41, 5.74) is 5.78. The first-order chi connectivity index (χ1) is 6.81. The maximum Gasteiger partial charge on any atom is 0.0984 e. The van der Waals surface area contributed by atoms with Crippen LogP contribution in [0, 0.1) is 5.92 Å². The van der Waals surface area contributed by atoms with Crippen LogP contribution in [-0.2, 0) is 14.2 Å². The maximum atomic E-state index is 5.78. The van der Waals surface area contributed by atoms with E-state index in [0.717, 1.165) is 32.7 Å². The Bertz CT molecular complexity index is 182. The normalized spacial score (nSPS) is 42.4. The van der Waals surface area contributed by atoms with Gasteiger partial charge in [0.25, 0.3) is 0 Å². The SMILES string of the molecule is COC1C(N)CC1OCC1CCOC1. The molecule has 2 N–H and O–H groups in total. The molecule has 0 spiro atoms. The second-order valence-electron chi connectivity index (χ2n) is 4.20. The average molecular weight is 201 g/mol. The lowest BCUT2D eigenvalue weighted by Gasteiger charge is -2.41. The molecule has 1 heterocycles. The highest BCUT2D eigenvalue weighted by Crippen LogP contribution is 2.26. The molecule has 1 aliphatic carbocycles. The molecule has 2 aliphatic rings. The second-order valence-corrected chi connectivity index (χ2v) is 4.20. The Balaban J connectivity index is 1.65. The van der Waals surface area contributed by atoms with Gasteiger partial charge in [-0.05, 0) is 12.8 Å². The predicted molar refractivity (Wildman–Crippen MR) is 52.1 cm³/mol. The minimum Gasteiger partial charge on any atom is -0.381 e. The van der Waals surface area contributed by atoms with Gasteiger partial charge in [-0.1, -0.05) is 0 Å². The molecular formula is C10H19NO3. The predicted octanol–water partition coefficient (Wildman–Crippen LogP) is 0.154. The highest BCUT2D eigenvalue weighted by molar-refractivity contribution is 4.94. The number of rotatable bonds is 4. The number of hydrogen-bond donors (Lipinski definition) is 1.